The van der Waals surface area contributed by atoms with Crippen LogP contribution in [0, 0.1) is 0 Å². The molecule has 0 aliphatic carbocycles. The Morgan fingerprint density at radius 2 is 0.646 bits per heavy atom. The summed E-state index contributed by atoms with van der Waals surface area (Å²) in [6.45, 7) is 4.17. The highest BCUT2D eigenvalue weighted by Crippen LogP contribution is 2.16. The van der Waals surface area contributed by atoms with Crippen molar-refractivity contribution in [2.75, 3.05) is 13.2 Å². The van der Waals surface area contributed by atoms with Crippen molar-refractivity contribution in [1.82, 2.24) is 0 Å². The molecule has 0 aromatic rings. The molecule has 0 saturated heterocycles. The van der Waals surface area contributed by atoms with Crippen molar-refractivity contribution in [1.29, 1.82) is 0 Å². The van der Waals surface area contributed by atoms with Gasteiger partial charge < -0.3 is 14.6 Å². The maximum atomic E-state index is 12.1. The normalized spacial score (nSPS) is 12.0. The first-order chi connectivity index (χ1) is 23.6. The molecule has 0 aromatic heterocycles. The van der Waals surface area contributed by atoms with Crippen LogP contribution in [-0.4, -0.2) is 36.4 Å². The second-order valence-electron chi connectivity index (χ2n) is 14.8. The van der Waals surface area contributed by atoms with Gasteiger partial charge in [-0.1, -0.05) is 219 Å². The number of rotatable bonds is 40. The van der Waals surface area contributed by atoms with E-state index in [9.17, 15) is 14.7 Å². The standard InChI is InChI=1S/C43H84O5/c1-3-5-7-9-11-13-15-17-18-19-20-21-22-23-24-25-26-28-29-31-33-35-37-42(45)47-40-41(39-44)48-43(46)38-36-34-32-30-27-16-14-12-10-8-6-4-2/h41,44H,3-40H2,1-2H3/t41-/m0/s1. The number of hydrogen-bond donors (Lipinski definition) is 1. The van der Waals surface area contributed by atoms with Crippen molar-refractivity contribution in [3.8, 4) is 0 Å². The van der Waals surface area contributed by atoms with Crippen LogP contribution in [0.5, 0.6) is 0 Å². The molecule has 5 heteroatoms. The first-order valence-electron chi connectivity index (χ1n) is 21.6. The van der Waals surface area contributed by atoms with Crippen molar-refractivity contribution >= 4 is 11.9 Å². The summed E-state index contributed by atoms with van der Waals surface area (Å²) in [6, 6.07) is 0. The lowest BCUT2D eigenvalue weighted by atomic mass is 10.0. The summed E-state index contributed by atoms with van der Waals surface area (Å²) in [5.74, 6) is -0.574. The quantitative estimate of drug-likeness (QED) is 0.0515. The summed E-state index contributed by atoms with van der Waals surface area (Å²) in [6.07, 6.45) is 44.6. The highest BCUT2D eigenvalue weighted by molar-refractivity contribution is 5.70. The summed E-state index contributed by atoms with van der Waals surface area (Å²) in [7, 11) is 0. The average Bonchev–Trinajstić information content (AvgIpc) is 3.09. The van der Waals surface area contributed by atoms with Crippen molar-refractivity contribution in [3.63, 3.8) is 0 Å². The first kappa shape index (κ1) is 46.9. The minimum atomic E-state index is -0.761. The summed E-state index contributed by atoms with van der Waals surface area (Å²) < 4.78 is 10.6. The zero-order chi connectivity index (χ0) is 35.0. The SMILES string of the molecule is CCCCCCCCCCCCCCCCCCCCCCCCC(=O)OC[C@H](CO)OC(=O)CCCCCCCCCCCCCC. The van der Waals surface area contributed by atoms with E-state index in [0.29, 0.717) is 12.8 Å². The Morgan fingerprint density at radius 1 is 0.396 bits per heavy atom. The van der Waals surface area contributed by atoms with Gasteiger partial charge in [-0.25, -0.2) is 0 Å². The fourth-order valence-electron chi connectivity index (χ4n) is 6.62. The summed E-state index contributed by atoms with van der Waals surface area (Å²) in [5.41, 5.74) is 0. The minimum Gasteiger partial charge on any atom is -0.462 e. The molecule has 0 aromatic carbocycles. The lowest BCUT2D eigenvalue weighted by Gasteiger charge is -2.15. The molecule has 0 radical (unpaired) electrons. The molecule has 286 valence electrons. The third kappa shape index (κ3) is 37.7. The maximum Gasteiger partial charge on any atom is 0.306 e. The highest BCUT2D eigenvalue weighted by atomic mass is 16.6. The molecule has 0 fully saturated rings. The molecule has 1 atom stereocenters. The fraction of sp³-hybridized carbons (Fsp3) is 0.953. The number of hydrogen-bond acceptors (Lipinski definition) is 5. The van der Waals surface area contributed by atoms with Crippen molar-refractivity contribution in [2.45, 2.75) is 251 Å². The monoisotopic (exact) mass is 681 g/mol. The molecule has 48 heavy (non-hydrogen) atoms. The molecule has 0 rings (SSSR count). The van der Waals surface area contributed by atoms with Gasteiger partial charge >= 0.3 is 11.9 Å². The Bertz CT molecular complexity index is 651. The van der Waals surface area contributed by atoms with E-state index in [0.717, 1.165) is 32.1 Å². The van der Waals surface area contributed by atoms with E-state index >= 15 is 0 Å². The van der Waals surface area contributed by atoms with Gasteiger partial charge in [-0.15, -0.1) is 0 Å². The zero-order valence-corrected chi connectivity index (χ0v) is 32.5. The van der Waals surface area contributed by atoms with Crippen LogP contribution in [0.15, 0.2) is 0 Å². The van der Waals surface area contributed by atoms with Gasteiger partial charge in [0.05, 0.1) is 6.61 Å². The largest absolute Gasteiger partial charge is 0.462 e. The fourth-order valence-corrected chi connectivity index (χ4v) is 6.62. The van der Waals surface area contributed by atoms with Gasteiger partial charge in [0, 0.05) is 12.8 Å². The molecule has 1 N–H and O–H groups in total. The summed E-state index contributed by atoms with van der Waals surface area (Å²) in [4.78, 5) is 24.3. The Balaban J connectivity index is 3.43. The minimum absolute atomic E-state index is 0.0567. The van der Waals surface area contributed by atoms with E-state index in [1.165, 1.54) is 186 Å². The van der Waals surface area contributed by atoms with Crippen LogP contribution in [-0.2, 0) is 19.1 Å². The Kier molecular flexibility index (Phi) is 39.4. The smallest absolute Gasteiger partial charge is 0.306 e. The molecule has 0 spiro atoms. The topological polar surface area (TPSA) is 72.8 Å². The lowest BCUT2D eigenvalue weighted by molar-refractivity contribution is -0.161. The third-order valence-electron chi connectivity index (χ3n) is 9.90. The number of aliphatic hydroxyl groups excluding tert-OH is 1. The van der Waals surface area contributed by atoms with E-state index in [1.807, 2.05) is 0 Å². The van der Waals surface area contributed by atoms with Crippen LogP contribution in [0.25, 0.3) is 0 Å². The summed E-state index contributed by atoms with van der Waals surface area (Å²) in [5, 5.41) is 9.55. The van der Waals surface area contributed by atoms with Gasteiger partial charge in [-0.05, 0) is 12.8 Å². The average molecular weight is 681 g/mol. The molecular formula is C43H84O5. The lowest BCUT2D eigenvalue weighted by Crippen LogP contribution is -2.28. The van der Waals surface area contributed by atoms with Crippen molar-refractivity contribution in [2.24, 2.45) is 0 Å². The third-order valence-corrected chi connectivity index (χ3v) is 9.90. The van der Waals surface area contributed by atoms with E-state index < -0.39 is 6.10 Å². The molecule has 0 amide bonds. The predicted octanol–water partition coefficient (Wildman–Crippen LogP) is 13.5. The maximum absolute atomic E-state index is 12.1. The molecule has 0 unspecified atom stereocenters. The molecule has 0 aliphatic rings. The van der Waals surface area contributed by atoms with Gasteiger partial charge in [0.1, 0.15) is 6.61 Å². The van der Waals surface area contributed by atoms with Gasteiger partial charge in [-0.2, -0.15) is 0 Å². The van der Waals surface area contributed by atoms with Crippen molar-refractivity contribution in [3.05, 3.63) is 0 Å². The molecule has 0 bridgehead atoms. The summed E-state index contributed by atoms with van der Waals surface area (Å²) >= 11 is 0. The molecular weight excluding hydrogens is 596 g/mol. The van der Waals surface area contributed by atoms with Crippen LogP contribution in [0.1, 0.15) is 245 Å². The number of aliphatic hydroxyl groups is 1. The van der Waals surface area contributed by atoms with Gasteiger partial charge in [0.2, 0.25) is 0 Å². The van der Waals surface area contributed by atoms with E-state index in [4.69, 9.17) is 9.47 Å². The highest BCUT2D eigenvalue weighted by Gasteiger charge is 2.16. The van der Waals surface area contributed by atoms with Crippen LogP contribution in [0.3, 0.4) is 0 Å². The second kappa shape index (κ2) is 40.3. The zero-order valence-electron chi connectivity index (χ0n) is 32.5. The second-order valence-corrected chi connectivity index (χ2v) is 14.8. The molecule has 5 nitrogen and oxygen atoms in total. The van der Waals surface area contributed by atoms with E-state index in [1.54, 1.807) is 0 Å². The van der Waals surface area contributed by atoms with Crippen LogP contribution in [0.2, 0.25) is 0 Å². The van der Waals surface area contributed by atoms with Gasteiger partial charge in [0.25, 0.3) is 0 Å². The van der Waals surface area contributed by atoms with E-state index in [2.05, 4.69) is 13.8 Å². The number of carbonyl (C=O) groups is 2. The first-order valence-corrected chi connectivity index (χ1v) is 21.6. The van der Waals surface area contributed by atoms with E-state index in [-0.39, 0.29) is 25.2 Å². The van der Waals surface area contributed by atoms with Gasteiger partial charge in [0.15, 0.2) is 6.10 Å². The number of unbranched alkanes of at least 4 members (excludes halogenated alkanes) is 32. The molecule has 0 heterocycles. The van der Waals surface area contributed by atoms with Crippen molar-refractivity contribution < 1.29 is 24.2 Å². The van der Waals surface area contributed by atoms with Crippen LogP contribution < -0.4 is 0 Å². The number of carbonyl (C=O) groups excluding carboxylic acids is 2. The Labute approximate surface area is 299 Å². The molecule has 0 saturated carbocycles. The Hall–Kier alpha value is -1.10. The number of ether oxygens (including phenoxy) is 2. The molecule has 0 aliphatic heterocycles. The van der Waals surface area contributed by atoms with Crippen LogP contribution >= 0.6 is 0 Å². The van der Waals surface area contributed by atoms with Crippen LogP contribution in [0.4, 0.5) is 0 Å². The number of esters is 2. The van der Waals surface area contributed by atoms with Gasteiger partial charge in [-0.3, -0.25) is 9.59 Å². The predicted molar refractivity (Wildman–Crippen MR) is 205 cm³/mol. The Morgan fingerprint density at radius 3 is 0.917 bits per heavy atom.